The first-order valence-corrected chi connectivity index (χ1v) is 12.8. The quantitative estimate of drug-likeness (QED) is 0.564. The van der Waals surface area contributed by atoms with Gasteiger partial charge >= 0.3 is 0 Å². The fourth-order valence-electron chi connectivity index (χ4n) is 3.66. The predicted octanol–water partition coefficient (Wildman–Crippen LogP) is 3.42. The highest BCUT2D eigenvalue weighted by molar-refractivity contribution is 7.92. The van der Waals surface area contributed by atoms with Gasteiger partial charge in [0.25, 0.3) is 0 Å². The van der Waals surface area contributed by atoms with Crippen LogP contribution in [0.4, 0.5) is 5.69 Å². The molecule has 1 N–H and O–H groups in total. The number of carbonyl (C=O) groups is 1. The molecule has 1 aliphatic heterocycles. The highest BCUT2D eigenvalue weighted by Gasteiger charge is 2.28. The van der Waals surface area contributed by atoms with Gasteiger partial charge in [0.1, 0.15) is 5.01 Å². The van der Waals surface area contributed by atoms with Gasteiger partial charge in [0.2, 0.25) is 15.9 Å². The summed E-state index contributed by atoms with van der Waals surface area (Å²) in [5, 5.41) is 5.47. The Morgan fingerprint density at radius 2 is 1.94 bits per heavy atom. The topological polar surface area (TPSA) is 79.4 Å². The van der Waals surface area contributed by atoms with Gasteiger partial charge in [-0.25, -0.2) is 13.4 Å². The SMILES string of the molecule is CCc1ccc(-c2nc(CC(=O)NCCS(=O)(=O)N3CCc4ccccc43)cs2)cc1. The maximum Gasteiger partial charge on any atom is 0.236 e. The Hall–Kier alpha value is -2.71. The van der Waals surface area contributed by atoms with Crippen molar-refractivity contribution in [3.8, 4) is 10.6 Å². The third-order valence-electron chi connectivity index (χ3n) is 5.37. The number of hydrogen-bond donors (Lipinski definition) is 1. The Balaban J connectivity index is 1.29. The third kappa shape index (κ3) is 4.97. The lowest BCUT2D eigenvalue weighted by Crippen LogP contribution is -2.37. The molecule has 0 saturated heterocycles. The zero-order chi connectivity index (χ0) is 21.8. The van der Waals surface area contributed by atoms with E-state index in [1.807, 2.05) is 41.8 Å². The van der Waals surface area contributed by atoms with Crippen LogP contribution in [0.2, 0.25) is 0 Å². The number of nitrogens with one attached hydrogen (secondary N) is 1. The maximum atomic E-state index is 12.7. The van der Waals surface area contributed by atoms with Crippen molar-refractivity contribution in [3.63, 3.8) is 0 Å². The number of anilines is 1. The van der Waals surface area contributed by atoms with Crippen molar-refractivity contribution in [2.24, 2.45) is 0 Å². The molecule has 0 fully saturated rings. The van der Waals surface area contributed by atoms with Crippen molar-refractivity contribution in [1.29, 1.82) is 0 Å². The fraction of sp³-hybridized carbons (Fsp3) is 0.304. The van der Waals surface area contributed by atoms with E-state index in [0.29, 0.717) is 12.2 Å². The van der Waals surface area contributed by atoms with Crippen LogP contribution in [0.3, 0.4) is 0 Å². The van der Waals surface area contributed by atoms with Gasteiger partial charge < -0.3 is 5.32 Å². The van der Waals surface area contributed by atoms with E-state index in [-0.39, 0.29) is 24.6 Å². The minimum Gasteiger partial charge on any atom is -0.355 e. The lowest BCUT2D eigenvalue weighted by molar-refractivity contribution is -0.120. The summed E-state index contributed by atoms with van der Waals surface area (Å²) in [6, 6.07) is 15.8. The van der Waals surface area contributed by atoms with E-state index < -0.39 is 10.0 Å². The van der Waals surface area contributed by atoms with E-state index in [9.17, 15) is 13.2 Å². The molecule has 0 radical (unpaired) electrons. The second-order valence-electron chi connectivity index (χ2n) is 7.49. The monoisotopic (exact) mass is 455 g/mol. The Morgan fingerprint density at radius 3 is 2.71 bits per heavy atom. The van der Waals surface area contributed by atoms with E-state index in [4.69, 9.17) is 0 Å². The van der Waals surface area contributed by atoms with Gasteiger partial charge in [-0.05, 0) is 30.0 Å². The molecule has 0 spiro atoms. The van der Waals surface area contributed by atoms with Crippen LogP contribution in [0.15, 0.2) is 53.9 Å². The van der Waals surface area contributed by atoms with Crippen molar-refractivity contribution >= 4 is 33.0 Å². The average Bonchev–Trinajstić information content (AvgIpc) is 3.41. The molecule has 6 nitrogen and oxygen atoms in total. The summed E-state index contributed by atoms with van der Waals surface area (Å²) in [4.78, 5) is 16.8. The van der Waals surface area contributed by atoms with Crippen LogP contribution >= 0.6 is 11.3 Å². The van der Waals surface area contributed by atoms with E-state index in [0.717, 1.165) is 34.7 Å². The molecule has 0 unspecified atom stereocenters. The molecule has 1 aliphatic rings. The van der Waals surface area contributed by atoms with Gasteiger partial charge in [0, 0.05) is 24.0 Å². The number of aromatic nitrogens is 1. The van der Waals surface area contributed by atoms with E-state index in [2.05, 4.69) is 29.4 Å². The summed E-state index contributed by atoms with van der Waals surface area (Å²) < 4.78 is 26.9. The fourth-order valence-corrected chi connectivity index (χ4v) is 5.91. The van der Waals surface area contributed by atoms with Crippen LogP contribution in [0.1, 0.15) is 23.7 Å². The lowest BCUT2D eigenvalue weighted by Gasteiger charge is -2.19. The average molecular weight is 456 g/mol. The Morgan fingerprint density at radius 1 is 1.16 bits per heavy atom. The summed E-state index contributed by atoms with van der Waals surface area (Å²) >= 11 is 1.50. The second-order valence-corrected chi connectivity index (χ2v) is 10.4. The minimum atomic E-state index is -3.47. The summed E-state index contributed by atoms with van der Waals surface area (Å²) in [5.74, 6) is -0.352. The van der Waals surface area contributed by atoms with Gasteiger partial charge in [-0.15, -0.1) is 11.3 Å². The van der Waals surface area contributed by atoms with E-state index in [1.165, 1.54) is 21.2 Å². The Bertz CT molecular complexity index is 1170. The zero-order valence-corrected chi connectivity index (χ0v) is 19.0. The molecule has 0 bridgehead atoms. The first-order chi connectivity index (χ1) is 15.0. The van der Waals surface area contributed by atoms with Crippen molar-refractivity contribution in [2.45, 2.75) is 26.2 Å². The molecule has 3 aromatic rings. The standard InChI is InChI=1S/C23H25N3O3S2/c1-2-17-7-9-19(10-8-17)23-25-20(16-30-23)15-22(27)24-12-14-31(28,29)26-13-11-18-5-3-4-6-21(18)26/h3-10,16H,2,11-15H2,1H3,(H,24,27). The predicted molar refractivity (Wildman–Crippen MR) is 125 cm³/mol. The molecule has 0 atom stereocenters. The zero-order valence-electron chi connectivity index (χ0n) is 17.4. The summed E-state index contributed by atoms with van der Waals surface area (Å²) in [7, 11) is -3.47. The number of carbonyl (C=O) groups excluding carboxylic acids is 1. The van der Waals surface area contributed by atoms with Crippen molar-refractivity contribution in [2.75, 3.05) is 23.1 Å². The molecule has 2 aromatic carbocycles. The molecule has 8 heteroatoms. The minimum absolute atomic E-state index is 0.0787. The van der Waals surface area contributed by atoms with Gasteiger partial charge in [0.15, 0.2) is 0 Å². The van der Waals surface area contributed by atoms with Crippen molar-refractivity contribution < 1.29 is 13.2 Å². The molecule has 2 heterocycles. The molecule has 162 valence electrons. The van der Waals surface area contributed by atoms with Gasteiger partial charge in [-0.3, -0.25) is 9.10 Å². The van der Waals surface area contributed by atoms with Crippen molar-refractivity contribution in [1.82, 2.24) is 10.3 Å². The molecule has 31 heavy (non-hydrogen) atoms. The number of para-hydroxylation sites is 1. The highest BCUT2D eigenvalue weighted by Crippen LogP contribution is 2.30. The van der Waals surface area contributed by atoms with Crippen molar-refractivity contribution in [3.05, 3.63) is 70.7 Å². The van der Waals surface area contributed by atoms with Crippen LogP contribution in [0.25, 0.3) is 10.6 Å². The molecule has 1 aromatic heterocycles. The van der Waals surface area contributed by atoms with Gasteiger partial charge in [-0.2, -0.15) is 0 Å². The second kappa shape index (κ2) is 9.20. The number of hydrogen-bond acceptors (Lipinski definition) is 5. The smallest absolute Gasteiger partial charge is 0.236 e. The number of amides is 1. The summed E-state index contributed by atoms with van der Waals surface area (Å²) in [6.45, 7) is 2.65. The van der Waals surface area contributed by atoms with Crippen LogP contribution in [-0.2, 0) is 34.1 Å². The van der Waals surface area contributed by atoms with Crippen LogP contribution in [0, 0.1) is 0 Å². The van der Waals surface area contributed by atoms with Gasteiger partial charge in [-0.1, -0.05) is 49.4 Å². The number of fused-ring (bicyclic) bond motifs is 1. The Labute approximate surface area is 187 Å². The molecule has 4 rings (SSSR count). The number of sulfonamides is 1. The largest absolute Gasteiger partial charge is 0.355 e. The molecular weight excluding hydrogens is 430 g/mol. The molecular formula is C23H25N3O3S2. The third-order valence-corrected chi connectivity index (χ3v) is 8.08. The number of rotatable bonds is 8. The van der Waals surface area contributed by atoms with Crippen LogP contribution in [0.5, 0.6) is 0 Å². The molecule has 0 aliphatic carbocycles. The number of nitrogens with zero attached hydrogens (tertiary/aromatic N) is 2. The molecule has 1 amide bonds. The summed E-state index contributed by atoms with van der Waals surface area (Å²) in [5.41, 5.74) is 4.78. The van der Waals surface area contributed by atoms with Crippen LogP contribution in [-0.4, -0.2) is 38.2 Å². The summed E-state index contributed by atoms with van der Waals surface area (Å²) in [6.07, 6.45) is 1.84. The van der Waals surface area contributed by atoms with E-state index in [1.54, 1.807) is 0 Å². The Kier molecular flexibility index (Phi) is 6.38. The first kappa shape index (κ1) is 21.5. The van der Waals surface area contributed by atoms with Gasteiger partial charge in [0.05, 0.1) is 23.6 Å². The number of benzene rings is 2. The maximum absolute atomic E-state index is 12.7. The molecule has 0 saturated carbocycles. The first-order valence-electron chi connectivity index (χ1n) is 10.3. The normalized spacial score (nSPS) is 13.3. The lowest BCUT2D eigenvalue weighted by atomic mass is 10.1. The van der Waals surface area contributed by atoms with Crippen LogP contribution < -0.4 is 9.62 Å². The number of thiazole rings is 1. The van der Waals surface area contributed by atoms with E-state index >= 15 is 0 Å². The highest BCUT2D eigenvalue weighted by atomic mass is 32.2. The number of aryl methyl sites for hydroxylation is 1.